The molecule has 1 aliphatic heterocycles. The van der Waals surface area contributed by atoms with Crippen LogP contribution in [0.15, 0.2) is 24.3 Å². The highest BCUT2D eigenvalue weighted by atomic mass is 32.1. The molecular weight excluding hydrogens is 306 g/mol. The zero-order valence-corrected chi connectivity index (χ0v) is 14.9. The minimum atomic E-state index is -0.0249. The van der Waals surface area contributed by atoms with Gasteiger partial charge in [-0.2, -0.15) is 0 Å². The van der Waals surface area contributed by atoms with Crippen molar-refractivity contribution in [3.63, 3.8) is 0 Å². The Morgan fingerprint density at radius 3 is 2.70 bits per heavy atom. The first kappa shape index (κ1) is 17.7. The van der Waals surface area contributed by atoms with Gasteiger partial charge in [-0.05, 0) is 69.1 Å². The lowest BCUT2D eigenvalue weighted by Crippen LogP contribution is -2.37. The SMILES string of the molecule is CCCCC(=O)NC(=S)Nc1ccc(N2CCCC[C@@H]2C)cc1. The highest BCUT2D eigenvalue weighted by Gasteiger charge is 2.18. The van der Waals surface area contributed by atoms with Gasteiger partial charge in [0.25, 0.3) is 0 Å². The van der Waals surface area contributed by atoms with Crippen molar-refractivity contribution in [3.05, 3.63) is 24.3 Å². The number of carbonyl (C=O) groups excluding carboxylic acids is 1. The second-order valence-corrected chi connectivity index (χ2v) is 6.60. The molecule has 4 nitrogen and oxygen atoms in total. The van der Waals surface area contributed by atoms with Crippen molar-refractivity contribution in [2.45, 2.75) is 58.4 Å². The van der Waals surface area contributed by atoms with E-state index in [0.717, 1.165) is 25.1 Å². The number of thiocarbonyl (C=S) groups is 1. The topological polar surface area (TPSA) is 44.4 Å². The molecule has 1 fully saturated rings. The van der Waals surface area contributed by atoms with Gasteiger partial charge in [0.15, 0.2) is 5.11 Å². The van der Waals surface area contributed by atoms with Gasteiger partial charge in [-0.3, -0.25) is 4.79 Å². The summed E-state index contributed by atoms with van der Waals surface area (Å²) in [6.45, 7) is 5.47. The van der Waals surface area contributed by atoms with Crippen molar-refractivity contribution in [2.24, 2.45) is 0 Å². The Hall–Kier alpha value is -1.62. The Kier molecular flexibility index (Phi) is 6.84. The number of unbranched alkanes of at least 4 members (excludes halogenated alkanes) is 1. The molecule has 0 bridgehead atoms. The van der Waals surface area contributed by atoms with E-state index >= 15 is 0 Å². The third kappa shape index (κ3) is 5.50. The van der Waals surface area contributed by atoms with Crippen LogP contribution in [0.4, 0.5) is 11.4 Å². The average Bonchev–Trinajstić information content (AvgIpc) is 2.54. The van der Waals surface area contributed by atoms with E-state index in [0.29, 0.717) is 17.6 Å². The summed E-state index contributed by atoms with van der Waals surface area (Å²) in [7, 11) is 0. The molecule has 1 aliphatic rings. The van der Waals surface area contributed by atoms with Gasteiger partial charge in [0.2, 0.25) is 5.91 Å². The van der Waals surface area contributed by atoms with Crippen LogP contribution in [-0.4, -0.2) is 23.6 Å². The maximum atomic E-state index is 11.7. The van der Waals surface area contributed by atoms with Crippen molar-refractivity contribution in [1.82, 2.24) is 5.32 Å². The minimum Gasteiger partial charge on any atom is -0.369 e. The number of anilines is 2. The van der Waals surface area contributed by atoms with E-state index in [1.807, 2.05) is 12.1 Å². The van der Waals surface area contributed by atoms with Crippen LogP contribution in [0.2, 0.25) is 0 Å². The Bertz CT molecular complexity index is 530. The molecule has 2 rings (SSSR count). The van der Waals surface area contributed by atoms with E-state index < -0.39 is 0 Å². The molecule has 1 heterocycles. The van der Waals surface area contributed by atoms with Crippen LogP contribution in [0.3, 0.4) is 0 Å². The van der Waals surface area contributed by atoms with Gasteiger partial charge in [0.05, 0.1) is 0 Å². The first-order valence-corrected chi connectivity index (χ1v) is 8.98. The molecule has 0 radical (unpaired) electrons. The number of amides is 1. The summed E-state index contributed by atoms with van der Waals surface area (Å²) < 4.78 is 0. The van der Waals surface area contributed by atoms with Gasteiger partial charge in [-0.25, -0.2) is 0 Å². The lowest BCUT2D eigenvalue weighted by Gasteiger charge is -2.35. The predicted molar refractivity (Wildman–Crippen MR) is 101 cm³/mol. The number of carbonyl (C=O) groups is 1. The van der Waals surface area contributed by atoms with Crippen LogP contribution in [0, 0.1) is 0 Å². The van der Waals surface area contributed by atoms with Gasteiger partial charge in [0, 0.05) is 30.4 Å². The lowest BCUT2D eigenvalue weighted by atomic mass is 10.0. The van der Waals surface area contributed by atoms with E-state index in [1.54, 1.807) is 0 Å². The summed E-state index contributed by atoms with van der Waals surface area (Å²) in [6.07, 6.45) is 6.25. The van der Waals surface area contributed by atoms with Crippen molar-refractivity contribution in [2.75, 3.05) is 16.8 Å². The smallest absolute Gasteiger partial charge is 0.226 e. The van der Waals surface area contributed by atoms with Gasteiger partial charge in [-0.1, -0.05) is 13.3 Å². The Morgan fingerprint density at radius 2 is 2.04 bits per heavy atom. The minimum absolute atomic E-state index is 0.0249. The van der Waals surface area contributed by atoms with Gasteiger partial charge >= 0.3 is 0 Å². The Balaban J connectivity index is 1.87. The molecule has 1 aromatic carbocycles. The summed E-state index contributed by atoms with van der Waals surface area (Å²) in [5.74, 6) is -0.0249. The second kappa shape index (κ2) is 8.87. The van der Waals surface area contributed by atoms with Gasteiger partial charge in [-0.15, -0.1) is 0 Å². The monoisotopic (exact) mass is 333 g/mol. The fourth-order valence-corrected chi connectivity index (χ4v) is 3.14. The molecule has 0 saturated carbocycles. The number of hydrogen-bond donors (Lipinski definition) is 2. The summed E-state index contributed by atoms with van der Waals surface area (Å²) >= 11 is 5.19. The summed E-state index contributed by atoms with van der Waals surface area (Å²) in [5.41, 5.74) is 2.15. The second-order valence-electron chi connectivity index (χ2n) is 6.19. The molecule has 0 spiro atoms. The van der Waals surface area contributed by atoms with Crippen molar-refractivity contribution < 1.29 is 4.79 Å². The van der Waals surface area contributed by atoms with Crippen LogP contribution in [0.1, 0.15) is 52.4 Å². The third-order valence-electron chi connectivity index (χ3n) is 4.27. The van der Waals surface area contributed by atoms with Crippen LogP contribution in [0.5, 0.6) is 0 Å². The molecule has 126 valence electrons. The molecule has 1 saturated heterocycles. The fourth-order valence-electron chi connectivity index (χ4n) is 2.91. The van der Waals surface area contributed by atoms with Crippen molar-refractivity contribution >= 4 is 34.6 Å². The quantitative estimate of drug-likeness (QED) is 0.797. The molecule has 2 N–H and O–H groups in total. The highest BCUT2D eigenvalue weighted by molar-refractivity contribution is 7.80. The highest BCUT2D eigenvalue weighted by Crippen LogP contribution is 2.25. The number of hydrogen-bond acceptors (Lipinski definition) is 3. The van der Waals surface area contributed by atoms with Crippen molar-refractivity contribution in [1.29, 1.82) is 0 Å². The number of piperidine rings is 1. The van der Waals surface area contributed by atoms with Gasteiger partial charge in [0.1, 0.15) is 0 Å². The summed E-state index contributed by atoms with van der Waals surface area (Å²) in [6, 6.07) is 8.86. The number of benzene rings is 1. The molecule has 0 aromatic heterocycles. The standard InChI is InChI=1S/C18H27N3OS/c1-3-4-8-17(22)20-18(23)19-15-9-11-16(12-10-15)21-13-6-5-7-14(21)2/h9-12,14H,3-8,13H2,1-2H3,(H2,19,20,22,23)/t14-/m0/s1. The summed E-state index contributed by atoms with van der Waals surface area (Å²) in [5, 5.41) is 6.16. The van der Waals surface area contributed by atoms with Crippen LogP contribution < -0.4 is 15.5 Å². The van der Waals surface area contributed by atoms with Gasteiger partial charge < -0.3 is 15.5 Å². The molecule has 0 unspecified atom stereocenters. The van der Waals surface area contributed by atoms with E-state index in [2.05, 4.69) is 41.5 Å². The van der Waals surface area contributed by atoms with E-state index in [1.165, 1.54) is 24.9 Å². The third-order valence-corrected chi connectivity index (χ3v) is 4.47. The van der Waals surface area contributed by atoms with Crippen molar-refractivity contribution in [3.8, 4) is 0 Å². The average molecular weight is 334 g/mol. The Morgan fingerprint density at radius 1 is 1.30 bits per heavy atom. The number of nitrogens with one attached hydrogen (secondary N) is 2. The van der Waals surface area contributed by atoms with E-state index in [4.69, 9.17) is 12.2 Å². The van der Waals surface area contributed by atoms with E-state index in [-0.39, 0.29) is 5.91 Å². The first-order chi connectivity index (χ1) is 11.1. The molecule has 0 aliphatic carbocycles. The number of nitrogens with zero attached hydrogens (tertiary/aromatic N) is 1. The zero-order chi connectivity index (χ0) is 16.7. The molecule has 1 aromatic rings. The fraction of sp³-hybridized carbons (Fsp3) is 0.556. The summed E-state index contributed by atoms with van der Waals surface area (Å²) in [4.78, 5) is 14.1. The predicted octanol–water partition coefficient (Wildman–Crippen LogP) is 4.07. The van der Waals surface area contributed by atoms with Crippen LogP contribution in [0.25, 0.3) is 0 Å². The normalized spacial score (nSPS) is 17.7. The molecule has 1 atom stereocenters. The Labute approximate surface area is 144 Å². The van der Waals surface area contributed by atoms with Crippen LogP contribution in [-0.2, 0) is 4.79 Å². The van der Waals surface area contributed by atoms with Crippen LogP contribution >= 0.6 is 12.2 Å². The largest absolute Gasteiger partial charge is 0.369 e. The molecule has 5 heteroatoms. The molecular formula is C18H27N3OS. The molecule has 23 heavy (non-hydrogen) atoms. The maximum absolute atomic E-state index is 11.7. The molecule has 1 amide bonds. The lowest BCUT2D eigenvalue weighted by molar-refractivity contribution is -0.119. The number of rotatable bonds is 5. The first-order valence-electron chi connectivity index (χ1n) is 8.57. The van der Waals surface area contributed by atoms with E-state index in [9.17, 15) is 4.79 Å². The zero-order valence-electron chi connectivity index (χ0n) is 14.1. The maximum Gasteiger partial charge on any atom is 0.226 e.